The zero-order valence-corrected chi connectivity index (χ0v) is 17.6. The second kappa shape index (κ2) is 8.46. The summed E-state index contributed by atoms with van der Waals surface area (Å²) >= 11 is 0. The predicted octanol–water partition coefficient (Wildman–Crippen LogP) is 1.45. The van der Waals surface area contributed by atoms with Crippen LogP contribution >= 0.6 is 0 Å². The van der Waals surface area contributed by atoms with Gasteiger partial charge in [0.1, 0.15) is 36.2 Å². The number of nitro groups is 1. The van der Waals surface area contributed by atoms with Gasteiger partial charge in [-0.05, 0) is 19.9 Å². The first-order valence-electron chi connectivity index (χ1n) is 9.45. The van der Waals surface area contributed by atoms with Crippen LogP contribution in [0.3, 0.4) is 0 Å². The molecule has 2 heterocycles. The summed E-state index contributed by atoms with van der Waals surface area (Å²) in [6, 6.07) is 5.32. The summed E-state index contributed by atoms with van der Waals surface area (Å²) in [6.45, 7) is 5.53. The molecule has 0 radical (unpaired) electrons. The molecule has 12 nitrogen and oxygen atoms in total. The Bertz CT molecular complexity index is 1220. The maximum atomic E-state index is 13.3. The second-order valence-corrected chi connectivity index (χ2v) is 7.13. The molecule has 0 fully saturated rings. The molecule has 1 spiro atoms. The molecule has 170 valence electrons. The van der Waals surface area contributed by atoms with Gasteiger partial charge in [-0.1, -0.05) is 6.58 Å². The van der Waals surface area contributed by atoms with Crippen molar-refractivity contribution in [1.29, 1.82) is 5.26 Å². The summed E-state index contributed by atoms with van der Waals surface area (Å²) in [5, 5.41) is 23.7. The number of rotatable bonds is 6. The molecule has 0 saturated heterocycles. The van der Waals surface area contributed by atoms with E-state index in [4.69, 9.17) is 19.9 Å². The Morgan fingerprint density at radius 3 is 2.64 bits per heavy atom. The molecule has 1 aromatic carbocycles. The highest BCUT2D eigenvalue weighted by atomic mass is 16.6. The van der Waals surface area contributed by atoms with E-state index in [0.717, 1.165) is 6.07 Å². The maximum Gasteiger partial charge on any atom is 0.339 e. The standard InChI is InChI=1S/C21H18N4O8/c1-10(2)18(26)31-6-7-32-19(27)16-11(3)33-17(23)14(9-22)21(16)13-8-12(25(29)30)4-5-15(13)24-20(21)28/h4-5,8H,1,6-7,23H2,2-3H3,(H,24,28)/t21-/m1/s1. The number of carbonyl (C=O) groups is 3. The van der Waals surface area contributed by atoms with Gasteiger partial charge in [0.2, 0.25) is 11.8 Å². The van der Waals surface area contributed by atoms with E-state index in [2.05, 4.69) is 11.9 Å². The molecule has 2 aliphatic heterocycles. The number of nitrogens with zero attached hydrogens (tertiary/aromatic N) is 2. The number of benzene rings is 1. The molecule has 0 aliphatic carbocycles. The van der Waals surface area contributed by atoms with E-state index in [1.165, 1.54) is 26.0 Å². The van der Waals surface area contributed by atoms with Gasteiger partial charge >= 0.3 is 11.9 Å². The predicted molar refractivity (Wildman–Crippen MR) is 111 cm³/mol. The topological polar surface area (TPSA) is 184 Å². The zero-order valence-electron chi connectivity index (χ0n) is 17.6. The van der Waals surface area contributed by atoms with Gasteiger partial charge < -0.3 is 25.3 Å². The fourth-order valence-electron chi connectivity index (χ4n) is 3.64. The second-order valence-electron chi connectivity index (χ2n) is 7.13. The van der Waals surface area contributed by atoms with Crippen molar-refractivity contribution in [3.8, 4) is 6.07 Å². The van der Waals surface area contributed by atoms with Gasteiger partial charge in [0.05, 0.1) is 4.92 Å². The third-order valence-corrected chi connectivity index (χ3v) is 5.03. The minimum absolute atomic E-state index is 0.0236. The Morgan fingerprint density at radius 2 is 2.03 bits per heavy atom. The van der Waals surface area contributed by atoms with Gasteiger partial charge in [0, 0.05) is 29.0 Å². The van der Waals surface area contributed by atoms with Crippen molar-refractivity contribution in [3.63, 3.8) is 0 Å². The van der Waals surface area contributed by atoms with Crippen LogP contribution in [0.25, 0.3) is 0 Å². The summed E-state index contributed by atoms with van der Waals surface area (Å²) in [5.74, 6) is -3.14. The van der Waals surface area contributed by atoms with Crippen molar-refractivity contribution in [2.75, 3.05) is 18.5 Å². The smallest absolute Gasteiger partial charge is 0.339 e. The summed E-state index contributed by atoms with van der Waals surface area (Å²) in [7, 11) is 0. The average molecular weight is 454 g/mol. The maximum absolute atomic E-state index is 13.3. The van der Waals surface area contributed by atoms with Crippen LogP contribution in [0.1, 0.15) is 19.4 Å². The van der Waals surface area contributed by atoms with Gasteiger partial charge in [-0.3, -0.25) is 14.9 Å². The normalized spacial score (nSPS) is 18.8. The van der Waals surface area contributed by atoms with Crippen LogP contribution in [0.15, 0.2) is 53.1 Å². The van der Waals surface area contributed by atoms with E-state index in [1.54, 1.807) is 6.07 Å². The number of hydrogen-bond donors (Lipinski definition) is 2. The summed E-state index contributed by atoms with van der Waals surface area (Å²) < 4.78 is 15.4. The van der Waals surface area contributed by atoms with E-state index in [-0.39, 0.29) is 47.1 Å². The quantitative estimate of drug-likeness (QED) is 0.210. The van der Waals surface area contributed by atoms with Gasteiger partial charge in [-0.15, -0.1) is 0 Å². The first-order chi connectivity index (χ1) is 15.5. The van der Waals surface area contributed by atoms with E-state index < -0.39 is 39.6 Å². The van der Waals surface area contributed by atoms with Crippen molar-refractivity contribution in [2.24, 2.45) is 5.73 Å². The number of non-ortho nitro benzene ring substituents is 1. The van der Waals surface area contributed by atoms with Gasteiger partial charge in [0.25, 0.3) is 5.69 Å². The number of amides is 1. The van der Waals surface area contributed by atoms with Crippen molar-refractivity contribution < 1.29 is 33.5 Å². The summed E-state index contributed by atoms with van der Waals surface area (Å²) in [5.41, 5.74) is 2.84. The largest absolute Gasteiger partial charge is 0.459 e. The summed E-state index contributed by atoms with van der Waals surface area (Å²) in [6.07, 6.45) is 0. The van der Waals surface area contributed by atoms with Gasteiger partial charge in [0.15, 0.2) is 5.41 Å². The average Bonchev–Trinajstić information content (AvgIpc) is 3.02. The zero-order chi connectivity index (χ0) is 24.5. The lowest BCUT2D eigenvalue weighted by atomic mass is 9.68. The molecular formula is C21H18N4O8. The van der Waals surface area contributed by atoms with Crippen LogP contribution in [0.2, 0.25) is 0 Å². The van der Waals surface area contributed by atoms with Gasteiger partial charge in [-0.2, -0.15) is 5.26 Å². The molecule has 2 aliphatic rings. The number of ether oxygens (including phenoxy) is 3. The Balaban J connectivity index is 2.08. The minimum atomic E-state index is -2.13. The number of fused-ring (bicyclic) bond motifs is 2. The molecule has 0 saturated carbocycles. The number of nitriles is 1. The molecule has 0 unspecified atom stereocenters. The van der Waals surface area contributed by atoms with E-state index in [9.17, 15) is 29.8 Å². The van der Waals surface area contributed by atoms with Crippen LogP contribution in [-0.2, 0) is 34.0 Å². The Hall–Kier alpha value is -4.66. The van der Waals surface area contributed by atoms with E-state index >= 15 is 0 Å². The van der Waals surface area contributed by atoms with Crippen LogP contribution in [0, 0.1) is 21.4 Å². The SMILES string of the molecule is C=C(C)C(=O)OCCOC(=O)C1=C(C)OC(N)=C(C#N)[C@@]12C(=O)Nc1ccc([N+](=O)[O-])cc12. The monoisotopic (exact) mass is 454 g/mol. The van der Waals surface area contributed by atoms with Crippen LogP contribution in [0.4, 0.5) is 11.4 Å². The number of allylic oxidation sites excluding steroid dienone is 1. The Kier molecular flexibility index (Phi) is 5.90. The lowest BCUT2D eigenvalue weighted by Crippen LogP contribution is -2.45. The Labute approximate surface area is 187 Å². The van der Waals surface area contributed by atoms with Crippen molar-refractivity contribution in [3.05, 3.63) is 68.8 Å². The highest BCUT2D eigenvalue weighted by Gasteiger charge is 2.60. The highest BCUT2D eigenvalue weighted by Crippen LogP contribution is 2.52. The third kappa shape index (κ3) is 3.65. The molecule has 1 aromatic rings. The minimum Gasteiger partial charge on any atom is -0.459 e. The van der Waals surface area contributed by atoms with E-state index in [0.29, 0.717) is 0 Å². The highest BCUT2D eigenvalue weighted by molar-refractivity contribution is 6.17. The first-order valence-corrected chi connectivity index (χ1v) is 9.45. The van der Waals surface area contributed by atoms with Crippen LogP contribution < -0.4 is 11.1 Å². The number of esters is 2. The summed E-state index contributed by atoms with van der Waals surface area (Å²) in [4.78, 5) is 48.5. The number of nitro benzene ring substituents is 1. The lowest BCUT2D eigenvalue weighted by Gasteiger charge is -2.33. The number of carbonyl (C=O) groups excluding carboxylic acids is 3. The molecule has 0 aromatic heterocycles. The fraction of sp³-hybridized carbons (Fsp3) is 0.238. The van der Waals surface area contributed by atoms with Crippen LogP contribution in [-0.4, -0.2) is 36.0 Å². The first kappa shape index (κ1) is 23.0. The third-order valence-electron chi connectivity index (χ3n) is 5.03. The Morgan fingerprint density at radius 1 is 1.36 bits per heavy atom. The lowest BCUT2D eigenvalue weighted by molar-refractivity contribution is -0.384. The van der Waals surface area contributed by atoms with Crippen molar-refractivity contribution in [1.82, 2.24) is 0 Å². The fourth-order valence-corrected chi connectivity index (χ4v) is 3.64. The molecule has 3 N–H and O–H groups in total. The molecule has 1 atom stereocenters. The molecular weight excluding hydrogens is 436 g/mol. The number of nitrogens with one attached hydrogen (secondary N) is 1. The number of hydrogen-bond acceptors (Lipinski definition) is 10. The molecule has 12 heteroatoms. The van der Waals surface area contributed by atoms with Crippen molar-refractivity contribution >= 4 is 29.2 Å². The molecule has 0 bridgehead atoms. The number of anilines is 1. The van der Waals surface area contributed by atoms with Crippen LogP contribution in [0.5, 0.6) is 0 Å². The molecule has 3 rings (SSSR count). The molecule has 33 heavy (non-hydrogen) atoms. The molecule has 1 amide bonds. The van der Waals surface area contributed by atoms with Gasteiger partial charge in [-0.25, -0.2) is 9.59 Å². The number of nitrogens with two attached hydrogens (primary N) is 1. The van der Waals surface area contributed by atoms with E-state index in [1.807, 2.05) is 0 Å². The van der Waals surface area contributed by atoms with Crippen molar-refractivity contribution in [2.45, 2.75) is 19.3 Å².